The van der Waals surface area contributed by atoms with Crippen molar-refractivity contribution in [3.8, 4) is 16.9 Å². The number of rotatable bonds is 11. The summed E-state index contributed by atoms with van der Waals surface area (Å²) in [6.45, 7) is 0.567. The molecule has 15 nitrogen and oxygen atoms in total. The standard InChI is InChI=1S/C31H34ClN9O6/c1-46-10-11-47-31(45)36-22-7-8-23-26(14-22)37-25(30(43)44)5-3-2-4-24(29-34-16-27(23)38-29)33-15-19(17-42)12-20-13-21(32)6-9-28(20)41-18-35-39-40-41/h6-9,12-14,16-18,24-25,33,37H,2-5,10-11,15H2,1H3,(H,34,38)(H,36,45)(H,43,44)/b19-12-/t24-,25+/m0/s1. The number of halogens is 1. The Hall–Kier alpha value is -5.12. The molecular formula is C31H34ClN9O6. The molecule has 16 heteroatoms. The van der Waals surface area contributed by atoms with Crippen LogP contribution in [0.5, 0.6) is 0 Å². The molecule has 0 saturated carbocycles. The number of aldehydes is 1. The molecule has 1 amide bonds. The van der Waals surface area contributed by atoms with Crippen LogP contribution in [0.25, 0.3) is 23.0 Å². The summed E-state index contributed by atoms with van der Waals surface area (Å²) in [5, 5.41) is 31.1. The number of nitrogens with one attached hydrogen (secondary N) is 4. The Labute approximate surface area is 274 Å². The summed E-state index contributed by atoms with van der Waals surface area (Å²) in [4.78, 5) is 44.6. The maximum Gasteiger partial charge on any atom is 0.411 e. The van der Waals surface area contributed by atoms with Crippen molar-refractivity contribution < 1.29 is 29.0 Å². The van der Waals surface area contributed by atoms with Gasteiger partial charge >= 0.3 is 12.1 Å². The Morgan fingerprint density at radius 2 is 2.02 bits per heavy atom. The molecule has 0 aliphatic carbocycles. The number of hydrogen-bond donors (Lipinski definition) is 5. The van der Waals surface area contributed by atoms with E-state index in [-0.39, 0.29) is 25.8 Å². The first-order valence-corrected chi connectivity index (χ1v) is 15.3. The highest BCUT2D eigenvalue weighted by atomic mass is 35.5. The van der Waals surface area contributed by atoms with Gasteiger partial charge in [0.1, 0.15) is 31.1 Å². The number of tetrazole rings is 1. The lowest BCUT2D eigenvalue weighted by atomic mass is 10.0. The van der Waals surface area contributed by atoms with Crippen LogP contribution in [0.15, 0.2) is 54.5 Å². The topological polar surface area (TPSA) is 198 Å². The van der Waals surface area contributed by atoms with Crippen molar-refractivity contribution in [2.45, 2.75) is 37.8 Å². The van der Waals surface area contributed by atoms with E-state index in [0.717, 1.165) is 6.29 Å². The number of carboxylic acids is 1. The number of anilines is 2. The second-order valence-corrected chi connectivity index (χ2v) is 11.2. The normalized spacial score (nSPS) is 16.6. The van der Waals surface area contributed by atoms with E-state index in [1.807, 2.05) is 0 Å². The Morgan fingerprint density at radius 3 is 2.79 bits per heavy atom. The van der Waals surface area contributed by atoms with Crippen LogP contribution in [0.3, 0.4) is 0 Å². The number of carbonyl (C=O) groups excluding carboxylic acids is 2. The van der Waals surface area contributed by atoms with E-state index >= 15 is 0 Å². The largest absolute Gasteiger partial charge is 0.480 e. The maximum atomic E-state index is 12.2. The van der Waals surface area contributed by atoms with Crippen molar-refractivity contribution in [1.82, 2.24) is 35.5 Å². The number of benzene rings is 2. The van der Waals surface area contributed by atoms with Gasteiger partial charge in [-0.15, -0.1) is 5.10 Å². The van der Waals surface area contributed by atoms with Crippen LogP contribution in [-0.4, -0.2) is 86.5 Å². The molecule has 4 aromatic rings. The fourth-order valence-corrected chi connectivity index (χ4v) is 5.35. The number of fused-ring (bicyclic) bond motifs is 4. The van der Waals surface area contributed by atoms with E-state index in [4.69, 9.17) is 21.1 Å². The molecule has 2 atom stereocenters. The van der Waals surface area contributed by atoms with Crippen LogP contribution in [0.4, 0.5) is 16.2 Å². The molecule has 47 heavy (non-hydrogen) atoms. The zero-order valence-electron chi connectivity index (χ0n) is 25.5. The van der Waals surface area contributed by atoms with Crippen molar-refractivity contribution in [1.29, 1.82) is 0 Å². The van der Waals surface area contributed by atoms with Gasteiger partial charge in [-0.3, -0.25) is 10.1 Å². The minimum atomic E-state index is -0.992. The molecule has 0 spiro atoms. The third-order valence-corrected chi connectivity index (χ3v) is 7.73. The molecule has 0 saturated heterocycles. The second-order valence-electron chi connectivity index (χ2n) is 10.7. The van der Waals surface area contributed by atoms with Crippen LogP contribution in [0.1, 0.15) is 43.1 Å². The minimum absolute atomic E-state index is 0.0885. The molecular weight excluding hydrogens is 630 g/mol. The van der Waals surface area contributed by atoms with Gasteiger partial charge in [0.2, 0.25) is 0 Å². The van der Waals surface area contributed by atoms with Gasteiger partial charge in [-0.1, -0.05) is 24.4 Å². The first-order valence-electron chi connectivity index (χ1n) is 14.9. The Kier molecular flexibility index (Phi) is 11.3. The molecule has 0 unspecified atom stereocenters. The SMILES string of the molecule is COCCOC(=O)Nc1ccc2c(c1)N[C@@H](C(=O)O)CCCC[C@H](NC/C(C=O)=C/c1cc(Cl)ccc1-n1cnnn1)c1ncc-2[nH]1. The lowest BCUT2D eigenvalue weighted by Crippen LogP contribution is -2.30. The predicted molar refractivity (Wildman–Crippen MR) is 173 cm³/mol. The van der Waals surface area contributed by atoms with Crippen molar-refractivity contribution in [2.24, 2.45) is 0 Å². The fourth-order valence-electron chi connectivity index (χ4n) is 5.16. The van der Waals surface area contributed by atoms with E-state index in [1.54, 1.807) is 48.7 Å². The minimum Gasteiger partial charge on any atom is -0.480 e. The van der Waals surface area contributed by atoms with Crippen molar-refractivity contribution in [2.75, 3.05) is 37.5 Å². The number of hydrogen-bond acceptors (Lipinski definition) is 11. The van der Waals surface area contributed by atoms with Crippen LogP contribution < -0.4 is 16.0 Å². The van der Waals surface area contributed by atoms with Crippen LogP contribution >= 0.6 is 11.6 Å². The molecule has 2 aromatic carbocycles. The van der Waals surface area contributed by atoms with Crippen molar-refractivity contribution in [3.63, 3.8) is 0 Å². The number of carbonyl (C=O) groups is 3. The zero-order chi connectivity index (χ0) is 33.2. The number of aromatic nitrogens is 6. The maximum absolute atomic E-state index is 12.2. The summed E-state index contributed by atoms with van der Waals surface area (Å²) in [5.41, 5.74) is 4.00. The van der Waals surface area contributed by atoms with Crippen LogP contribution in [0, 0.1) is 0 Å². The van der Waals surface area contributed by atoms with E-state index in [2.05, 4.69) is 41.4 Å². The van der Waals surface area contributed by atoms with Crippen LogP contribution in [0.2, 0.25) is 5.02 Å². The number of amides is 1. The van der Waals surface area contributed by atoms with Gasteiger partial charge in [0.15, 0.2) is 0 Å². The van der Waals surface area contributed by atoms with E-state index < -0.39 is 18.1 Å². The highest BCUT2D eigenvalue weighted by molar-refractivity contribution is 6.30. The second kappa shape index (κ2) is 15.9. The molecule has 0 fully saturated rings. The average molecular weight is 664 g/mol. The van der Waals surface area contributed by atoms with Gasteiger partial charge in [0, 0.05) is 46.8 Å². The highest BCUT2D eigenvalue weighted by Gasteiger charge is 2.23. The van der Waals surface area contributed by atoms with E-state index in [0.29, 0.717) is 76.0 Å². The van der Waals surface area contributed by atoms with Gasteiger partial charge in [-0.25, -0.2) is 14.6 Å². The summed E-state index contributed by atoms with van der Waals surface area (Å²) in [5.74, 6) is -0.333. The highest BCUT2D eigenvalue weighted by Crippen LogP contribution is 2.33. The number of aromatic amines is 1. The third kappa shape index (κ3) is 8.78. The first-order chi connectivity index (χ1) is 22.8. The Balaban J connectivity index is 1.39. The van der Waals surface area contributed by atoms with Crippen molar-refractivity contribution >= 4 is 47.4 Å². The molecule has 246 valence electrons. The third-order valence-electron chi connectivity index (χ3n) is 7.50. The summed E-state index contributed by atoms with van der Waals surface area (Å²) >= 11 is 6.26. The van der Waals surface area contributed by atoms with Gasteiger partial charge in [0.05, 0.1) is 30.2 Å². The Bertz CT molecular complexity index is 1730. The number of aliphatic carboxylic acids is 1. The lowest BCUT2D eigenvalue weighted by molar-refractivity contribution is -0.138. The van der Waals surface area contributed by atoms with Gasteiger partial charge in [-0.2, -0.15) is 4.68 Å². The number of imidazole rings is 1. The Morgan fingerprint density at radius 1 is 1.17 bits per heavy atom. The molecule has 1 aliphatic heterocycles. The smallest absolute Gasteiger partial charge is 0.411 e. The monoisotopic (exact) mass is 663 g/mol. The van der Waals surface area contributed by atoms with E-state index in [9.17, 15) is 19.5 Å². The number of H-pyrrole nitrogens is 1. The molecule has 5 rings (SSSR count). The number of nitrogens with zero attached hydrogens (tertiary/aromatic N) is 5. The molecule has 5 N–H and O–H groups in total. The van der Waals surface area contributed by atoms with Crippen molar-refractivity contribution in [3.05, 3.63) is 70.9 Å². The van der Waals surface area contributed by atoms with E-state index in [1.165, 1.54) is 18.1 Å². The number of ether oxygens (including phenoxy) is 2. The molecule has 0 radical (unpaired) electrons. The lowest BCUT2D eigenvalue weighted by Gasteiger charge is -2.21. The summed E-state index contributed by atoms with van der Waals surface area (Å²) in [6, 6.07) is 9.18. The quantitative estimate of drug-likeness (QED) is 0.0870. The average Bonchev–Trinajstić information content (AvgIpc) is 3.76. The first kappa shape index (κ1) is 33.2. The van der Waals surface area contributed by atoms with Gasteiger partial charge in [-0.05, 0) is 65.7 Å². The summed E-state index contributed by atoms with van der Waals surface area (Å²) < 4.78 is 11.5. The fraction of sp³-hybridized carbons (Fsp3) is 0.323. The van der Waals surface area contributed by atoms with Gasteiger partial charge < -0.3 is 30.2 Å². The molecule has 3 heterocycles. The zero-order valence-corrected chi connectivity index (χ0v) is 26.2. The van der Waals surface area contributed by atoms with Crippen LogP contribution in [-0.2, 0) is 19.1 Å². The van der Waals surface area contributed by atoms with Gasteiger partial charge in [0.25, 0.3) is 0 Å². The molecule has 2 aromatic heterocycles. The number of carboxylic acid groups (broad SMARTS) is 1. The predicted octanol–water partition coefficient (Wildman–Crippen LogP) is 4.25. The summed E-state index contributed by atoms with van der Waals surface area (Å²) in [6.07, 6.45) is 7.28. The number of methoxy groups -OCH3 is 1. The summed E-state index contributed by atoms with van der Waals surface area (Å²) in [7, 11) is 1.51. The molecule has 2 bridgehead atoms. The molecule has 1 aliphatic rings.